The average molecular weight is 361 g/mol. The quantitative estimate of drug-likeness (QED) is 0.562. The zero-order valence-corrected chi connectivity index (χ0v) is 12.6. The summed E-state index contributed by atoms with van der Waals surface area (Å²) in [6.45, 7) is 0.163. The molecule has 21 heavy (non-hydrogen) atoms. The van der Waals surface area contributed by atoms with E-state index in [1.54, 1.807) is 0 Å². The summed E-state index contributed by atoms with van der Waals surface area (Å²) in [5.74, 6) is -1.91. The van der Waals surface area contributed by atoms with Crippen LogP contribution in [-0.4, -0.2) is 41.7 Å². The zero-order chi connectivity index (χ0) is 16.0. The zero-order valence-electron chi connectivity index (χ0n) is 11.0. The number of carboxylic acids is 1. The molecular weight excluding hydrogens is 348 g/mol. The second kappa shape index (κ2) is 7.70. The van der Waals surface area contributed by atoms with Crippen LogP contribution in [0.2, 0.25) is 0 Å². The molecule has 1 aromatic carbocycles. The minimum atomic E-state index is -1.20. The number of carbonyl (C=O) groups excluding carboxylic acids is 1. The maximum absolute atomic E-state index is 12.0. The number of hydrogen-bond donors (Lipinski definition) is 2. The number of nitro groups is 1. The van der Waals surface area contributed by atoms with Crippen LogP contribution < -0.4 is 5.32 Å². The van der Waals surface area contributed by atoms with Crippen LogP contribution >= 0.6 is 15.9 Å². The summed E-state index contributed by atoms with van der Waals surface area (Å²) in [5, 5.41) is 22.0. The first-order valence-corrected chi connectivity index (χ1v) is 6.62. The van der Waals surface area contributed by atoms with Crippen molar-refractivity contribution in [1.29, 1.82) is 0 Å². The largest absolute Gasteiger partial charge is 0.480 e. The number of amides is 1. The number of benzene rings is 1. The molecule has 0 spiro atoms. The molecule has 2 N–H and O–H groups in total. The molecule has 0 fully saturated rings. The van der Waals surface area contributed by atoms with Crippen molar-refractivity contribution in [2.75, 3.05) is 13.7 Å². The van der Waals surface area contributed by atoms with Gasteiger partial charge in [-0.05, 0) is 6.07 Å². The third-order valence-electron chi connectivity index (χ3n) is 2.57. The molecule has 0 radical (unpaired) electrons. The highest BCUT2D eigenvalue weighted by Crippen LogP contribution is 2.21. The van der Waals surface area contributed by atoms with E-state index in [-0.39, 0.29) is 24.3 Å². The molecule has 1 atom stereocenters. The van der Waals surface area contributed by atoms with Crippen LogP contribution in [-0.2, 0) is 9.53 Å². The number of methoxy groups -OCH3 is 1. The number of carboxylic acid groups (broad SMARTS) is 1. The number of halogens is 1. The molecule has 0 saturated heterocycles. The van der Waals surface area contributed by atoms with E-state index in [0.717, 1.165) is 6.07 Å². The summed E-state index contributed by atoms with van der Waals surface area (Å²) >= 11 is 3.07. The van der Waals surface area contributed by atoms with Crippen molar-refractivity contribution < 1.29 is 24.4 Å². The lowest BCUT2D eigenvalue weighted by atomic mass is 10.1. The highest BCUT2D eigenvalue weighted by atomic mass is 79.9. The Morgan fingerprint density at radius 1 is 1.48 bits per heavy atom. The van der Waals surface area contributed by atoms with Crippen LogP contribution in [0, 0.1) is 10.1 Å². The Balaban J connectivity index is 2.92. The molecule has 114 valence electrons. The van der Waals surface area contributed by atoms with Crippen molar-refractivity contribution in [3.05, 3.63) is 38.3 Å². The van der Waals surface area contributed by atoms with Crippen molar-refractivity contribution in [2.45, 2.75) is 12.5 Å². The normalized spacial score (nSPS) is 11.7. The number of nitrogens with one attached hydrogen (secondary N) is 1. The topological polar surface area (TPSA) is 119 Å². The summed E-state index contributed by atoms with van der Waals surface area (Å²) in [5.41, 5.74) is -0.266. The number of nitro benzene ring substituents is 1. The molecule has 0 aliphatic rings. The molecule has 0 aromatic heterocycles. The van der Waals surface area contributed by atoms with E-state index in [4.69, 9.17) is 9.84 Å². The van der Waals surface area contributed by atoms with E-state index < -0.39 is 22.8 Å². The van der Waals surface area contributed by atoms with Gasteiger partial charge in [-0.2, -0.15) is 0 Å². The molecular formula is C12H13BrN2O6. The van der Waals surface area contributed by atoms with E-state index in [1.165, 1.54) is 19.2 Å². The lowest BCUT2D eigenvalue weighted by Crippen LogP contribution is -2.41. The number of aliphatic carboxylic acids is 1. The smallest absolute Gasteiger partial charge is 0.326 e. The number of rotatable bonds is 7. The fraction of sp³-hybridized carbons (Fsp3) is 0.333. The summed E-state index contributed by atoms with van der Waals surface area (Å²) in [6.07, 6.45) is 0.0909. The summed E-state index contributed by atoms with van der Waals surface area (Å²) in [4.78, 5) is 33.1. The molecule has 1 rings (SSSR count). The van der Waals surface area contributed by atoms with Crippen molar-refractivity contribution in [3.63, 3.8) is 0 Å². The van der Waals surface area contributed by atoms with Gasteiger partial charge in [0, 0.05) is 42.3 Å². The monoisotopic (exact) mass is 360 g/mol. The first-order valence-electron chi connectivity index (χ1n) is 5.82. The number of carbonyl (C=O) groups is 2. The molecule has 0 heterocycles. The van der Waals surface area contributed by atoms with Crippen molar-refractivity contribution in [1.82, 2.24) is 5.32 Å². The summed E-state index contributed by atoms with van der Waals surface area (Å²) in [7, 11) is 1.42. The fourth-order valence-corrected chi connectivity index (χ4v) is 2.03. The molecule has 0 bridgehead atoms. The van der Waals surface area contributed by atoms with Crippen LogP contribution in [0.5, 0.6) is 0 Å². The Bertz CT molecular complexity index is 563. The van der Waals surface area contributed by atoms with E-state index in [2.05, 4.69) is 21.2 Å². The molecule has 0 aliphatic heterocycles. The van der Waals surface area contributed by atoms with Crippen LogP contribution in [0.25, 0.3) is 0 Å². The summed E-state index contributed by atoms with van der Waals surface area (Å²) in [6, 6.07) is 2.57. The van der Waals surface area contributed by atoms with Gasteiger partial charge in [0.15, 0.2) is 0 Å². The Hall–Kier alpha value is -2.00. The number of ether oxygens (including phenoxy) is 1. The van der Waals surface area contributed by atoms with Crippen molar-refractivity contribution >= 4 is 33.5 Å². The molecule has 1 aromatic rings. The van der Waals surface area contributed by atoms with Gasteiger partial charge in [0.1, 0.15) is 6.04 Å². The lowest BCUT2D eigenvalue weighted by Gasteiger charge is -2.14. The standard InChI is InChI=1S/C12H13BrN2O6/c1-21-3-2-10(12(17)18)14-11(16)7-4-8(13)6-9(5-7)15(19)20/h4-6,10H,2-3H2,1H3,(H,14,16)(H,17,18). The number of nitrogens with zero attached hydrogens (tertiary/aromatic N) is 1. The molecule has 1 unspecified atom stereocenters. The molecule has 0 saturated carbocycles. The molecule has 1 amide bonds. The molecule has 8 nitrogen and oxygen atoms in total. The van der Waals surface area contributed by atoms with Crippen LogP contribution in [0.15, 0.2) is 22.7 Å². The Kier molecular flexibility index (Phi) is 6.25. The predicted molar refractivity (Wildman–Crippen MR) is 76.2 cm³/mol. The number of non-ortho nitro benzene ring substituents is 1. The first kappa shape index (κ1) is 17.1. The Morgan fingerprint density at radius 2 is 2.14 bits per heavy atom. The van der Waals surface area contributed by atoms with Gasteiger partial charge in [0.25, 0.3) is 11.6 Å². The fourth-order valence-electron chi connectivity index (χ4n) is 1.55. The van der Waals surface area contributed by atoms with Gasteiger partial charge in [-0.25, -0.2) is 4.79 Å². The molecule has 9 heteroatoms. The van der Waals surface area contributed by atoms with Gasteiger partial charge < -0.3 is 15.2 Å². The van der Waals surface area contributed by atoms with Gasteiger partial charge in [-0.15, -0.1) is 0 Å². The van der Waals surface area contributed by atoms with Crippen LogP contribution in [0.4, 0.5) is 5.69 Å². The third-order valence-corrected chi connectivity index (χ3v) is 3.03. The lowest BCUT2D eigenvalue weighted by molar-refractivity contribution is -0.385. The maximum atomic E-state index is 12.0. The maximum Gasteiger partial charge on any atom is 0.326 e. The van der Waals surface area contributed by atoms with Crippen LogP contribution in [0.3, 0.4) is 0 Å². The highest BCUT2D eigenvalue weighted by molar-refractivity contribution is 9.10. The minimum Gasteiger partial charge on any atom is -0.480 e. The number of hydrogen-bond acceptors (Lipinski definition) is 5. The van der Waals surface area contributed by atoms with E-state index >= 15 is 0 Å². The highest BCUT2D eigenvalue weighted by Gasteiger charge is 2.21. The van der Waals surface area contributed by atoms with E-state index in [0.29, 0.717) is 4.47 Å². The van der Waals surface area contributed by atoms with Gasteiger partial charge in [-0.1, -0.05) is 15.9 Å². The van der Waals surface area contributed by atoms with Crippen molar-refractivity contribution in [2.24, 2.45) is 0 Å². The Labute approximate surface area is 128 Å². The first-order chi connectivity index (χ1) is 9.85. The van der Waals surface area contributed by atoms with Gasteiger partial charge in [0.05, 0.1) is 4.92 Å². The van der Waals surface area contributed by atoms with Gasteiger partial charge >= 0.3 is 5.97 Å². The average Bonchev–Trinajstić information content (AvgIpc) is 2.42. The SMILES string of the molecule is COCCC(NC(=O)c1cc(Br)cc([N+](=O)[O-])c1)C(=O)O. The molecule has 0 aliphatic carbocycles. The van der Waals surface area contributed by atoms with Crippen LogP contribution in [0.1, 0.15) is 16.8 Å². The van der Waals surface area contributed by atoms with Crippen molar-refractivity contribution in [3.8, 4) is 0 Å². The van der Waals surface area contributed by atoms with Gasteiger partial charge in [0.2, 0.25) is 0 Å². The second-order valence-electron chi connectivity index (χ2n) is 4.10. The van der Waals surface area contributed by atoms with Gasteiger partial charge in [-0.3, -0.25) is 14.9 Å². The van der Waals surface area contributed by atoms with E-state index in [1.807, 2.05) is 0 Å². The summed E-state index contributed by atoms with van der Waals surface area (Å²) < 4.78 is 5.12. The Morgan fingerprint density at radius 3 is 2.67 bits per heavy atom. The van der Waals surface area contributed by atoms with E-state index in [9.17, 15) is 19.7 Å². The minimum absolute atomic E-state index is 0.000239. The third kappa shape index (κ3) is 5.12. The second-order valence-corrected chi connectivity index (χ2v) is 5.02. The predicted octanol–water partition coefficient (Wildman–Crippen LogP) is 1.58.